The van der Waals surface area contributed by atoms with Gasteiger partial charge < -0.3 is 20.7 Å². The van der Waals surface area contributed by atoms with E-state index in [1.165, 1.54) is 0 Å². The molecule has 0 aliphatic heterocycles. The van der Waals surface area contributed by atoms with Gasteiger partial charge in [-0.05, 0) is 57.6 Å². The number of methoxy groups -OCH3 is 1. The lowest BCUT2D eigenvalue weighted by Gasteiger charge is -2.31. The Labute approximate surface area is 200 Å². The summed E-state index contributed by atoms with van der Waals surface area (Å²) < 4.78 is 5.22. The number of aromatic nitrogens is 3. The predicted octanol–water partition coefficient (Wildman–Crippen LogP) is 4.26. The molecule has 9 heteroatoms. The summed E-state index contributed by atoms with van der Waals surface area (Å²) in [7, 11) is 1.74. The number of rotatable bonds is 10. The van der Waals surface area contributed by atoms with Crippen LogP contribution in [0.1, 0.15) is 45.4 Å². The SMILES string of the molecule is COC[C@H](C)NC1CCC(Nc2ncc(Cl)c(-c3cc(NCC4(C#N)CC4)ccn3)n2)CC1. The summed E-state index contributed by atoms with van der Waals surface area (Å²) in [6, 6.07) is 7.43. The van der Waals surface area contributed by atoms with Crippen LogP contribution in [-0.2, 0) is 4.74 Å². The lowest BCUT2D eigenvalue weighted by Crippen LogP contribution is -2.43. The second-order valence-electron chi connectivity index (χ2n) is 9.28. The fraction of sp³-hybridized carbons (Fsp3) is 0.583. The van der Waals surface area contributed by atoms with Crippen molar-refractivity contribution in [3.05, 3.63) is 29.5 Å². The molecule has 0 amide bonds. The van der Waals surface area contributed by atoms with Crippen molar-refractivity contribution in [1.82, 2.24) is 20.3 Å². The van der Waals surface area contributed by atoms with E-state index < -0.39 is 0 Å². The molecule has 2 aromatic rings. The first kappa shape index (κ1) is 23.7. The summed E-state index contributed by atoms with van der Waals surface area (Å²) in [4.78, 5) is 13.5. The van der Waals surface area contributed by atoms with Gasteiger partial charge in [0.25, 0.3) is 0 Å². The van der Waals surface area contributed by atoms with Crippen LogP contribution >= 0.6 is 11.6 Å². The first-order chi connectivity index (χ1) is 16.0. The molecule has 2 saturated carbocycles. The van der Waals surface area contributed by atoms with Crippen LogP contribution in [0.2, 0.25) is 5.02 Å². The molecule has 0 unspecified atom stereocenters. The maximum Gasteiger partial charge on any atom is 0.223 e. The highest BCUT2D eigenvalue weighted by Gasteiger charge is 2.42. The van der Waals surface area contributed by atoms with Crippen molar-refractivity contribution in [2.24, 2.45) is 5.41 Å². The molecule has 1 atom stereocenters. The Balaban J connectivity index is 1.37. The lowest BCUT2D eigenvalue weighted by atomic mass is 9.91. The summed E-state index contributed by atoms with van der Waals surface area (Å²) in [6.45, 7) is 3.52. The molecule has 2 aliphatic rings. The van der Waals surface area contributed by atoms with Gasteiger partial charge in [0.05, 0.1) is 35.0 Å². The number of pyridine rings is 1. The quantitative estimate of drug-likeness (QED) is 0.473. The number of anilines is 2. The average Bonchev–Trinajstić information content (AvgIpc) is 3.61. The molecular weight excluding hydrogens is 438 g/mol. The Bertz CT molecular complexity index is 983. The minimum atomic E-state index is -0.219. The lowest BCUT2D eigenvalue weighted by molar-refractivity contribution is 0.161. The van der Waals surface area contributed by atoms with Gasteiger partial charge in [-0.3, -0.25) is 4.98 Å². The van der Waals surface area contributed by atoms with Crippen LogP contribution in [0.15, 0.2) is 24.5 Å². The van der Waals surface area contributed by atoms with E-state index in [4.69, 9.17) is 16.3 Å². The molecule has 0 aromatic carbocycles. The molecule has 2 aliphatic carbocycles. The highest BCUT2D eigenvalue weighted by molar-refractivity contribution is 6.32. The minimum Gasteiger partial charge on any atom is -0.383 e. The van der Waals surface area contributed by atoms with Crippen LogP contribution in [0.5, 0.6) is 0 Å². The molecule has 33 heavy (non-hydrogen) atoms. The van der Waals surface area contributed by atoms with Crippen molar-refractivity contribution < 1.29 is 4.74 Å². The van der Waals surface area contributed by atoms with Gasteiger partial charge in [-0.2, -0.15) is 5.26 Å². The van der Waals surface area contributed by atoms with Gasteiger partial charge in [0.15, 0.2) is 0 Å². The number of hydrogen-bond donors (Lipinski definition) is 3. The van der Waals surface area contributed by atoms with E-state index in [9.17, 15) is 5.26 Å². The molecule has 0 saturated heterocycles. The van der Waals surface area contributed by atoms with Crippen LogP contribution in [0, 0.1) is 16.7 Å². The van der Waals surface area contributed by atoms with Gasteiger partial charge in [0, 0.05) is 43.7 Å². The number of ether oxygens (including phenoxy) is 1. The van der Waals surface area contributed by atoms with Gasteiger partial charge >= 0.3 is 0 Å². The Kier molecular flexibility index (Phi) is 7.63. The molecule has 176 valence electrons. The fourth-order valence-corrected chi connectivity index (χ4v) is 4.51. The summed E-state index contributed by atoms with van der Waals surface area (Å²) in [5.74, 6) is 0.570. The predicted molar refractivity (Wildman–Crippen MR) is 130 cm³/mol. The number of hydrogen-bond acceptors (Lipinski definition) is 8. The molecule has 0 spiro atoms. The summed E-state index contributed by atoms with van der Waals surface area (Å²) in [5.41, 5.74) is 1.96. The van der Waals surface area contributed by atoms with Crippen molar-refractivity contribution in [1.29, 1.82) is 5.26 Å². The summed E-state index contributed by atoms with van der Waals surface area (Å²) in [5, 5.41) is 20.2. The normalized spacial score (nSPS) is 22.2. The zero-order valence-corrected chi connectivity index (χ0v) is 20.0. The standard InChI is InChI=1S/C24H32ClN7O/c1-16(13-33-2)30-17-3-5-18(6-4-17)31-23-28-12-20(25)22(32-23)21-11-19(7-10-27-21)29-15-24(14-26)8-9-24/h7,10-12,16-18,30H,3-6,8-9,13,15H2,1-2H3,(H,27,29)(H,28,31,32)/t16-,17?,18?/m0/s1. The van der Waals surface area contributed by atoms with Crippen LogP contribution in [-0.4, -0.2) is 53.3 Å². The first-order valence-electron chi connectivity index (χ1n) is 11.7. The van der Waals surface area contributed by atoms with Crippen molar-refractivity contribution in [2.75, 3.05) is 30.9 Å². The van der Waals surface area contributed by atoms with Crippen molar-refractivity contribution in [3.63, 3.8) is 0 Å². The van der Waals surface area contributed by atoms with Gasteiger partial charge in [0.2, 0.25) is 5.95 Å². The van der Waals surface area contributed by atoms with Crippen LogP contribution in [0.4, 0.5) is 11.6 Å². The second kappa shape index (κ2) is 10.6. The van der Waals surface area contributed by atoms with Crippen molar-refractivity contribution >= 4 is 23.2 Å². The van der Waals surface area contributed by atoms with E-state index in [1.54, 1.807) is 19.5 Å². The molecule has 0 bridgehead atoms. The van der Waals surface area contributed by atoms with Gasteiger partial charge in [-0.15, -0.1) is 0 Å². The maximum absolute atomic E-state index is 9.29. The Morgan fingerprint density at radius 1 is 1.24 bits per heavy atom. The molecule has 2 fully saturated rings. The van der Waals surface area contributed by atoms with Gasteiger partial charge in [-0.25, -0.2) is 9.97 Å². The largest absolute Gasteiger partial charge is 0.383 e. The molecular formula is C24H32ClN7O. The van der Waals surface area contributed by atoms with E-state index in [1.807, 2.05) is 12.1 Å². The zero-order chi connectivity index (χ0) is 23.3. The third-order valence-electron chi connectivity index (χ3n) is 6.47. The number of nitrogens with zero attached hydrogens (tertiary/aromatic N) is 4. The van der Waals surface area contributed by atoms with E-state index in [0.29, 0.717) is 47.0 Å². The zero-order valence-electron chi connectivity index (χ0n) is 19.3. The minimum absolute atomic E-state index is 0.219. The molecule has 8 nitrogen and oxygen atoms in total. The number of halogens is 1. The fourth-order valence-electron chi connectivity index (χ4n) is 4.32. The third-order valence-corrected chi connectivity index (χ3v) is 6.74. The van der Waals surface area contributed by atoms with E-state index in [2.05, 4.69) is 43.9 Å². The monoisotopic (exact) mass is 469 g/mol. The van der Waals surface area contributed by atoms with Crippen LogP contribution in [0.25, 0.3) is 11.4 Å². The van der Waals surface area contributed by atoms with E-state index in [0.717, 1.165) is 50.8 Å². The first-order valence-corrected chi connectivity index (χ1v) is 12.0. The molecule has 3 N–H and O–H groups in total. The van der Waals surface area contributed by atoms with E-state index in [-0.39, 0.29) is 5.41 Å². The second-order valence-corrected chi connectivity index (χ2v) is 9.69. The highest BCUT2D eigenvalue weighted by atomic mass is 35.5. The molecule has 2 heterocycles. The Morgan fingerprint density at radius 3 is 2.70 bits per heavy atom. The van der Waals surface area contributed by atoms with Crippen LogP contribution < -0.4 is 16.0 Å². The van der Waals surface area contributed by atoms with E-state index >= 15 is 0 Å². The van der Waals surface area contributed by atoms with Crippen molar-refractivity contribution in [3.8, 4) is 17.5 Å². The molecule has 2 aromatic heterocycles. The smallest absolute Gasteiger partial charge is 0.223 e. The average molecular weight is 470 g/mol. The maximum atomic E-state index is 9.29. The summed E-state index contributed by atoms with van der Waals surface area (Å²) in [6.07, 6.45) is 9.57. The van der Waals surface area contributed by atoms with Gasteiger partial charge in [-0.1, -0.05) is 11.6 Å². The molecule has 0 radical (unpaired) electrons. The Hall–Kier alpha value is -2.47. The van der Waals surface area contributed by atoms with Crippen LogP contribution in [0.3, 0.4) is 0 Å². The topological polar surface area (TPSA) is 108 Å². The van der Waals surface area contributed by atoms with Crippen molar-refractivity contribution in [2.45, 2.75) is 63.6 Å². The number of nitrogens with one attached hydrogen (secondary N) is 3. The number of nitriles is 1. The highest BCUT2D eigenvalue weighted by Crippen LogP contribution is 2.44. The third kappa shape index (κ3) is 6.32. The van der Waals surface area contributed by atoms with Gasteiger partial charge in [0.1, 0.15) is 5.69 Å². The Morgan fingerprint density at radius 2 is 2.00 bits per heavy atom. The molecule has 4 rings (SSSR count). The summed E-state index contributed by atoms with van der Waals surface area (Å²) >= 11 is 6.43.